The van der Waals surface area contributed by atoms with Crippen LogP contribution in [0.2, 0.25) is 0 Å². The molecule has 1 aliphatic heterocycles. The lowest BCUT2D eigenvalue weighted by Crippen LogP contribution is -2.53. The SMILES string of the molecule is Cc1cc(CN2CCN(c3nc4ccc(C(F)(F)F)cc4s3)[C@H](CC(C)C)C2)cc(OC(C)(C)C(=O)O)c1. The molecule has 1 saturated heterocycles. The number of thiazole rings is 1. The number of carbonyl (C=O) groups is 1. The molecule has 1 fully saturated rings. The van der Waals surface area contributed by atoms with E-state index >= 15 is 0 Å². The summed E-state index contributed by atoms with van der Waals surface area (Å²) in [6, 6.07) is 9.71. The van der Waals surface area contributed by atoms with Crippen LogP contribution in [0.25, 0.3) is 10.2 Å². The first-order valence-electron chi connectivity index (χ1n) is 12.7. The molecular formula is C28H34F3N3O3S. The Hall–Kier alpha value is -2.85. The Balaban J connectivity index is 1.53. The van der Waals surface area contributed by atoms with Crippen LogP contribution >= 0.6 is 11.3 Å². The maximum absolute atomic E-state index is 13.2. The van der Waals surface area contributed by atoms with Gasteiger partial charge in [0.15, 0.2) is 10.7 Å². The molecule has 0 aliphatic carbocycles. The van der Waals surface area contributed by atoms with Gasteiger partial charge in [-0.25, -0.2) is 9.78 Å². The topological polar surface area (TPSA) is 65.9 Å². The van der Waals surface area contributed by atoms with Gasteiger partial charge < -0.3 is 14.7 Å². The lowest BCUT2D eigenvalue weighted by atomic mass is 10.00. The van der Waals surface area contributed by atoms with Crippen molar-refractivity contribution in [3.63, 3.8) is 0 Å². The van der Waals surface area contributed by atoms with Crippen molar-refractivity contribution in [1.82, 2.24) is 9.88 Å². The largest absolute Gasteiger partial charge is 0.478 e. The molecule has 4 rings (SSSR count). The fraction of sp³-hybridized carbons (Fsp3) is 0.500. The van der Waals surface area contributed by atoms with Gasteiger partial charge in [-0.15, -0.1) is 0 Å². The number of aliphatic carboxylic acids is 1. The number of anilines is 1. The summed E-state index contributed by atoms with van der Waals surface area (Å²) in [6.45, 7) is 12.3. The van der Waals surface area contributed by atoms with E-state index in [-0.39, 0.29) is 6.04 Å². The quantitative estimate of drug-likeness (QED) is 0.342. The van der Waals surface area contributed by atoms with Gasteiger partial charge in [-0.2, -0.15) is 13.2 Å². The molecule has 1 aliphatic rings. The van der Waals surface area contributed by atoms with E-state index in [0.29, 0.717) is 35.0 Å². The third-order valence-electron chi connectivity index (χ3n) is 6.67. The number of fused-ring (bicyclic) bond motifs is 1. The molecule has 1 aromatic heterocycles. The number of hydrogen-bond donors (Lipinski definition) is 1. The summed E-state index contributed by atoms with van der Waals surface area (Å²) < 4.78 is 45.9. The highest BCUT2D eigenvalue weighted by Crippen LogP contribution is 2.37. The van der Waals surface area contributed by atoms with Crippen molar-refractivity contribution >= 4 is 32.7 Å². The lowest BCUT2D eigenvalue weighted by Gasteiger charge is -2.42. The molecule has 0 amide bonds. The zero-order valence-electron chi connectivity index (χ0n) is 22.3. The summed E-state index contributed by atoms with van der Waals surface area (Å²) in [5.41, 5.74) is 0.621. The number of rotatable bonds is 8. The van der Waals surface area contributed by atoms with Crippen LogP contribution in [0, 0.1) is 12.8 Å². The predicted molar refractivity (Wildman–Crippen MR) is 144 cm³/mol. The molecule has 2 heterocycles. The molecule has 0 unspecified atom stereocenters. The summed E-state index contributed by atoms with van der Waals surface area (Å²) in [5.74, 6) is -0.0685. The highest BCUT2D eigenvalue weighted by molar-refractivity contribution is 7.22. The Labute approximate surface area is 225 Å². The van der Waals surface area contributed by atoms with E-state index in [9.17, 15) is 23.1 Å². The smallest absolute Gasteiger partial charge is 0.416 e. The first-order valence-corrected chi connectivity index (χ1v) is 13.5. The third kappa shape index (κ3) is 6.58. The second kappa shape index (κ2) is 10.7. The lowest BCUT2D eigenvalue weighted by molar-refractivity contribution is -0.152. The molecule has 6 nitrogen and oxygen atoms in total. The number of aryl methyl sites for hydroxylation is 1. The zero-order valence-corrected chi connectivity index (χ0v) is 23.1. The number of ether oxygens (including phenoxy) is 1. The predicted octanol–water partition coefficient (Wildman–Crippen LogP) is 6.60. The number of alkyl halides is 3. The van der Waals surface area contributed by atoms with Crippen LogP contribution in [0.1, 0.15) is 50.8 Å². The van der Waals surface area contributed by atoms with Gasteiger partial charge in [0.25, 0.3) is 0 Å². The average Bonchev–Trinajstić information content (AvgIpc) is 3.20. The van der Waals surface area contributed by atoms with Gasteiger partial charge in [0.2, 0.25) is 0 Å². The number of hydrogen-bond acceptors (Lipinski definition) is 6. The molecule has 38 heavy (non-hydrogen) atoms. The molecule has 0 spiro atoms. The van der Waals surface area contributed by atoms with Gasteiger partial charge in [0.1, 0.15) is 5.75 Å². The van der Waals surface area contributed by atoms with Crippen LogP contribution in [0.5, 0.6) is 5.75 Å². The first kappa shape index (κ1) is 28.2. The maximum Gasteiger partial charge on any atom is 0.416 e. The Morgan fingerprint density at radius 3 is 2.58 bits per heavy atom. The highest BCUT2D eigenvalue weighted by Gasteiger charge is 2.33. The van der Waals surface area contributed by atoms with Crippen molar-refractivity contribution < 1.29 is 27.8 Å². The number of aromatic nitrogens is 1. The number of carboxylic acids is 1. The van der Waals surface area contributed by atoms with Gasteiger partial charge in [0, 0.05) is 32.2 Å². The number of carboxylic acid groups (broad SMARTS) is 1. The van der Waals surface area contributed by atoms with Gasteiger partial charge in [-0.3, -0.25) is 4.90 Å². The number of benzene rings is 2. The van der Waals surface area contributed by atoms with Crippen molar-refractivity contribution in [1.29, 1.82) is 0 Å². The van der Waals surface area contributed by atoms with E-state index in [1.807, 2.05) is 19.1 Å². The van der Waals surface area contributed by atoms with Crippen molar-refractivity contribution in [2.75, 3.05) is 24.5 Å². The van der Waals surface area contributed by atoms with Crippen LogP contribution in [0.15, 0.2) is 36.4 Å². The molecule has 3 aromatic rings. The van der Waals surface area contributed by atoms with Crippen LogP contribution < -0.4 is 9.64 Å². The molecule has 1 N–H and O–H groups in total. The Bertz CT molecular complexity index is 1310. The van der Waals surface area contributed by atoms with Crippen molar-refractivity contribution in [2.45, 2.75) is 65.4 Å². The fourth-order valence-corrected chi connectivity index (χ4v) is 5.95. The summed E-state index contributed by atoms with van der Waals surface area (Å²) in [4.78, 5) is 20.8. The van der Waals surface area contributed by atoms with Gasteiger partial charge >= 0.3 is 12.1 Å². The van der Waals surface area contributed by atoms with Crippen LogP contribution in [0.3, 0.4) is 0 Å². The maximum atomic E-state index is 13.2. The van der Waals surface area contributed by atoms with E-state index in [4.69, 9.17) is 9.72 Å². The number of piperazine rings is 1. The Morgan fingerprint density at radius 1 is 1.18 bits per heavy atom. The zero-order chi connectivity index (χ0) is 27.8. The van der Waals surface area contributed by atoms with E-state index < -0.39 is 23.3 Å². The molecule has 0 radical (unpaired) electrons. The average molecular weight is 550 g/mol. The Morgan fingerprint density at radius 2 is 1.92 bits per heavy atom. The van der Waals surface area contributed by atoms with E-state index in [2.05, 4.69) is 29.7 Å². The van der Waals surface area contributed by atoms with Gasteiger partial charge in [-0.05, 0) is 74.6 Å². The van der Waals surface area contributed by atoms with Crippen molar-refractivity contribution in [2.24, 2.45) is 5.92 Å². The molecule has 10 heteroatoms. The summed E-state index contributed by atoms with van der Waals surface area (Å²) in [7, 11) is 0. The monoisotopic (exact) mass is 549 g/mol. The minimum absolute atomic E-state index is 0.165. The van der Waals surface area contributed by atoms with E-state index in [0.717, 1.165) is 41.8 Å². The molecule has 1 atom stereocenters. The molecule has 206 valence electrons. The fourth-order valence-electron chi connectivity index (χ4n) is 4.84. The van der Waals surface area contributed by atoms with Crippen molar-refractivity contribution in [3.05, 3.63) is 53.1 Å². The third-order valence-corrected chi connectivity index (χ3v) is 7.72. The number of halogens is 3. The highest BCUT2D eigenvalue weighted by atomic mass is 32.1. The minimum Gasteiger partial charge on any atom is -0.478 e. The molecule has 2 aromatic carbocycles. The Kier molecular flexibility index (Phi) is 7.95. The van der Waals surface area contributed by atoms with Gasteiger partial charge in [0.05, 0.1) is 15.8 Å². The number of nitrogens with zero attached hydrogens (tertiary/aromatic N) is 3. The summed E-state index contributed by atoms with van der Waals surface area (Å²) in [5, 5.41) is 10.2. The van der Waals surface area contributed by atoms with Gasteiger partial charge in [-0.1, -0.05) is 31.3 Å². The van der Waals surface area contributed by atoms with Crippen LogP contribution in [-0.2, 0) is 17.5 Å². The molecule has 0 bridgehead atoms. The van der Waals surface area contributed by atoms with Crippen molar-refractivity contribution in [3.8, 4) is 5.75 Å². The van der Waals surface area contributed by atoms with E-state index in [1.54, 1.807) is 0 Å². The van der Waals surface area contributed by atoms with Crippen LogP contribution in [-0.4, -0.2) is 52.2 Å². The van der Waals surface area contributed by atoms with E-state index in [1.165, 1.54) is 37.3 Å². The second-order valence-electron chi connectivity index (χ2n) is 11.0. The molecule has 0 saturated carbocycles. The first-order chi connectivity index (χ1) is 17.7. The van der Waals surface area contributed by atoms with Crippen LogP contribution in [0.4, 0.5) is 18.3 Å². The minimum atomic E-state index is -4.38. The summed E-state index contributed by atoms with van der Waals surface area (Å²) in [6.07, 6.45) is -3.45. The standard InChI is InChI=1S/C28H34F3N3O3S/c1-17(2)10-21-16-33(15-19-11-18(3)12-22(13-19)37-27(4,5)25(35)36)8-9-34(21)26-32-23-7-6-20(28(29,30)31)14-24(23)38-26/h6-7,11-14,17,21H,8-10,15-16H2,1-5H3,(H,35,36)/t21-/m1/s1. The normalized spacial score (nSPS) is 17.4. The summed E-state index contributed by atoms with van der Waals surface area (Å²) >= 11 is 1.31. The second-order valence-corrected chi connectivity index (χ2v) is 12.0. The molecular weight excluding hydrogens is 515 g/mol.